The third-order valence-electron chi connectivity index (χ3n) is 12.0. The Bertz CT molecular complexity index is 1190. The van der Waals surface area contributed by atoms with Crippen LogP contribution >= 0.6 is 0 Å². The molecule has 55 heavy (non-hydrogen) atoms. The monoisotopic (exact) mass is 778 g/mol. The minimum atomic E-state index is -1.05. The molecule has 2 saturated carbocycles. The predicted octanol–water partition coefficient (Wildman–Crippen LogP) is 2.90. The third-order valence-corrected chi connectivity index (χ3v) is 12.0. The highest BCUT2D eigenvalue weighted by molar-refractivity contribution is 5.94. The van der Waals surface area contributed by atoms with Crippen LogP contribution in [0.4, 0.5) is 0 Å². The maximum atomic E-state index is 14.3. The molecule has 3 rings (SSSR count). The summed E-state index contributed by atoms with van der Waals surface area (Å²) in [4.78, 5) is 68.6. The highest BCUT2D eigenvalue weighted by atomic mass is 16.5. The average Bonchev–Trinajstić information content (AvgIpc) is 3.48. The lowest BCUT2D eigenvalue weighted by atomic mass is 9.82. The van der Waals surface area contributed by atoms with Gasteiger partial charge < -0.3 is 47.1 Å². The van der Waals surface area contributed by atoms with Crippen molar-refractivity contribution in [2.75, 3.05) is 39.9 Å². The first-order chi connectivity index (χ1) is 26.4. The Labute approximate surface area is 330 Å². The Balaban J connectivity index is 1.70. The summed E-state index contributed by atoms with van der Waals surface area (Å²) in [6, 6.07) is -3.03. The summed E-state index contributed by atoms with van der Waals surface area (Å²) in [5.41, 5.74) is 11.2. The smallest absolute Gasteiger partial charge is 0.243 e. The number of carbonyl (C=O) groups is 5. The van der Waals surface area contributed by atoms with Gasteiger partial charge in [0.1, 0.15) is 18.1 Å². The van der Waals surface area contributed by atoms with Gasteiger partial charge in [0, 0.05) is 19.6 Å². The van der Waals surface area contributed by atoms with Crippen LogP contribution in [0.25, 0.3) is 0 Å². The third kappa shape index (κ3) is 15.6. The molecule has 0 spiro atoms. The molecule has 0 radical (unpaired) electrons. The Kier molecular flexibility index (Phi) is 21.0. The fourth-order valence-corrected chi connectivity index (χ4v) is 8.39. The summed E-state index contributed by atoms with van der Waals surface area (Å²) in [5.74, 6) is -2.47. The van der Waals surface area contributed by atoms with Crippen molar-refractivity contribution in [3.63, 3.8) is 0 Å². The summed E-state index contributed by atoms with van der Waals surface area (Å²) < 4.78 is 12.5. The van der Waals surface area contributed by atoms with E-state index in [1.54, 1.807) is 7.05 Å². The minimum absolute atomic E-state index is 0.0878. The molecule has 1 aliphatic heterocycles. The Hall–Kier alpha value is -2.81. The van der Waals surface area contributed by atoms with Crippen LogP contribution < -0.4 is 32.7 Å². The van der Waals surface area contributed by atoms with E-state index in [1.165, 1.54) is 11.3 Å². The van der Waals surface area contributed by atoms with E-state index in [1.807, 2.05) is 27.7 Å². The van der Waals surface area contributed by atoms with Gasteiger partial charge in [-0.25, -0.2) is 0 Å². The van der Waals surface area contributed by atoms with E-state index in [0.717, 1.165) is 96.6 Å². The number of hydrogen-bond donors (Lipinski definition) is 6. The molecule has 2 aliphatic carbocycles. The minimum Gasteiger partial charge on any atom is -0.377 e. The van der Waals surface area contributed by atoms with E-state index in [2.05, 4.69) is 21.3 Å². The van der Waals surface area contributed by atoms with Crippen LogP contribution in [0.2, 0.25) is 0 Å². The molecule has 8 N–H and O–H groups in total. The second-order valence-electron chi connectivity index (χ2n) is 16.7. The first-order valence-corrected chi connectivity index (χ1v) is 21.5. The van der Waals surface area contributed by atoms with Crippen LogP contribution in [0, 0.1) is 23.7 Å². The van der Waals surface area contributed by atoms with Crippen LogP contribution in [0.3, 0.4) is 0 Å². The number of nitrogens with zero attached hydrogens (tertiary/aromatic N) is 1. The molecule has 0 aromatic heterocycles. The van der Waals surface area contributed by atoms with E-state index in [4.69, 9.17) is 20.9 Å². The molecule has 0 aromatic rings. The van der Waals surface area contributed by atoms with Gasteiger partial charge in [0.2, 0.25) is 29.5 Å². The zero-order valence-corrected chi connectivity index (χ0v) is 34.6. The van der Waals surface area contributed by atoms with Crippen LogP contribution in [-0.4, -0.2) is 111 Å². The SMILES string of the molecule is CCC[C@@H](C(=O)N[C@H](C(=O)N[C@@H](CN)C(N)=O)C1CCCCCC1)N(C)C(=O)[C@H](C)[C@@H](CC1CCCCC1)OC[C@@H](C)NC(=O)[C@@H](C)COC1CCNCC1. The first kappa shape index (κ1) is 46.6. The Morgan fingerprint density at radius 3 is 2.02 bits per heavy atom. The lowest BCUT2D eigenvalue weighted by molar-refractivity contribution is -0.147. The molecule has 5 amide bonds. The number of piperidine rings is 1. The van der Waals surface area contributed by atoms with Crippen molar-refractivity contribution < 1.29 is 33.4 Å². The second-order valence-corrected chi connectivity index (χ2v) is 16.7. The maximum absolute atomic E-state index is 14.3. The molecule has 0 bridgehead atoms. The highest BCUT2D eigenvalue weighted by Crippen LogP contribution is 2.31. The number of amides is 5. The van der Waals surface area contributed by atoms with Crippen molar-refractivity contribution in [2.24, 2.45) is 35.1 Å². The zero-order chi connectivity index (χ0) is 40.3. The van der Waals surface area contributed by atoms with Crippen molar-refractivity contribution in [2.45, 2.75) is 167 Å². The van der Waals surface area contributed by atoms with Crippen LogP contribution in [0.1, 0.15) is 130 Å². The van der Waals surface area contributed by atoms with Gasteiger partial charge >= 0.3 is 0 Å². The largest absolute Gasteiger partial charge is 0.377 e. The van der Waals surface area contributed by atoms with Gasteiger partial charge in [0.25, 0.3) is 0 Å². The number of primary amides is 1. The molecule has 0 unspecified atom stereocenters. The highest BCUT2D eigenvalue weighted by Gasteiger charge is 2.38. The molecule has 1 saturated heterocycles. The van der Waals surface area contributed by atoms with Crippen molar-refractivity contribution in [3.05, 3.63) is 0 Å². The number of nitrogens with two attached hydrogens (primary N) is 2. The van der Waals surface area contributed by atoms with Gasteiger partial charge in [-0.2, -0.15) is 0 Å². The second kappa shape index (κ2) is 24.7. The molecule has 0 aromatic carbocycles. The van der Waals surface area contributed by atoms with Crippen LogP contribution in [0.15, 0.2) is 0 Å². The summed E-state index contributed by atoms with van der Waals surface area (Å²) in [6.45, 7) is 9.94. The van der Waals surface area contributed by atoms with Crippen molar-refractivity contribution in [1.29, 1.82) is 0 Å². The summed E-state index contributed by atoms with van der Waals surface area (Å²) in [6.07, 6.45) is 14.6. The van der Waals surface area contributed by atoms with Gasteiger partial charge in [-0.1, -0.05) is 85.0 Å². The predicted molar refractivity (Wildman–Crippen MR) is 213 cm³/mol. The van der Waals surface area contributed by atoms with Gasteiger partial charge in [-0.3, -0.25) is 24.0 Å². The lowest BCUT2D eigenvalue weighted by Crippen LogP contribution is -2.60. The quantitative estimate of drug-likeness (QED) is 0.0893. The van der Waals surface area contributed by atoms with Gasteiger partial charge in [-0.05, 0) is 70.4 Å². The Morgan fingerprint density at radius 2 is 1.42 bits per heavy atom. The summed E-state index contributed by atoms with van der Waals surface area (Å²) >= 11 is 0. The van der Waals surface area contributed by atoms with Crippen molar-refractivity contribution in [3.8, 4) is 0 Å². The van der Waals surface area contributed by atoms with Gasteiger partial charge in [0.15, 0.2) is 0 Å². The van der Waals surface area contributed by atoms with E-state index in [0.29, 0.717) is 25.4 Å². The topological polar surface area (TPSA) is 207 Å². The van der Waals surface area contributed by atoms with Crippen molar-refractivity contribution >= 4 is 29.5 Å². The molecule has 316 valence electrons. The number of hydrogen-bond acceptors (Lipinski definition) is 9. The van der Waals surface area contributed by atoms with E-state index >= 15 is 0 Å². The summed E-state index contributed by atoms with van der Waals surface area (Å²) in [7, 11) is 1.66. The molecule has 1 heterocycles. The average molecular weight is 778 g/mol. The number of ether oxygens (including phenoxy) is 2. The standard InChI is InChI=1S/C41H75N7O7/c1-6-14-34(39(51)47-36(31-17-12-7-8-13-18-31)40(52)46-33(24-42)37(43)49)48(5)41(53)29(4)35(23-30-15-10-9-11-16-30)55-26-28(3)45-38(50)27(2)25-54-32-19-21-44-22-20-32/h27-36,44H,6-26,42H2,1-5H3,(H2,43,49)(H,45,50)(H,46,52)(H,47,51)/t27-,28+,29+,33-,34-,35+,36-/m0/s1. The fraction of sp³-hybridized carbons (Fsp3) is 0.878. The van der Waals surface area contributed by atoms with E-state index in [9.17, 15) is 24.0 Å². The van der Waals surface area contributed by atoms with Crippen molar-refractivity contribution in [1.82, 2.24) is 26.2 Å². The Morgan fingerprint density at radius 1 is 0.800 bits per heavy atom. The normalized spacial score (nSPS) is 21.5. The lowest BCUT2D eigenvalue weighted by Gasteiger charge is -2.36. The molecule has 3 aliphatic rings. The number of nitrogens with one attached hydrogen (secondary N) is 4. The van der Waals surface area contributed by atoms with E-state index in [-0.39, 0.29) is 48.9 Å². The molecule has 3 fully saturated rings. The van der Waals surface area contributed by atoms with Gasteiger partial charge in [0.05, 0.1) is 37.3 Å². The maximum Gasteiger partial charge on any atom is 0.243 e. The molecular weight excluding hydrogens is 702 g/mol. The van der Waals surface area contributed by atoms with E-state index < -0.39 is 47.9 Å². The molecule has 14 nitrogen and oxygen atoms in total. The first-order valence-electron chi connectivity index (χ1n) is 21.5. The zero-order valence-electron chi connectivity index (χ0n) is 34.6. The fourth-order valence-electron chi connectivity index (χ4n) is 8.39. The number of carbonyl (C=O) groups excluding carboxylic acids is 5. The molecular formula is C41H75N7O7. The van der Waals surface area contributed by atoms with Crippen LogP contribution in [-0.2, 0) is 33.4 Å². The molecule has 14 heteroatoms. The number of rotatable bonds is 22. The summed E-state index contributed by atoms with van der Waals surface area (Å²) in [5, 5.41) is 12.1. The number of likely N-dealkylation sites (N-methyl/N-ethyl adjacent to an activating group) is 1. The van der Waals surface area contributed by atoms with Crippen LogP contribution in [0.5, 0.6) is 0 Å². The molecule has 7 atom stereocenters. The van der Waals surface area contributed by atoms with Gasteiger partial charge in [-0.15, -0.1) is 0 Å².